The van der Waals surface area contributed by atoms with Gasteiger partial charge in [0.1, 0.15) is 18.0 Å². The molecule has 208 valence electrons. The molecule has 0 spiro atoms. The summed E-state index contributed by atoms with van der Waals surface area (Å²) >= 11 is 0. The average Bonchev–Trinajstić information content (AvgIpc) is 3.39. The van der Waals surface area contributed by atoms with Gasteiger partial charge in [-0.25, -0.2) is 13.1 Å². The van der Waals surface area contributed by atoms with Crippen LogP contribution in [0.4, 0.5) is 13.2 Å². The van der Waals surface area contributed by atoms with Crippen LogP contribution in [0.15, 0.2) is 37.1 Å². The number of unbranched alkanes of at least 4 members (excludes halogenated alkanes) is 1. The first-order valence-corrected chi connectivity index (χ1v) is 13.5. The van der Waals surface area contributed by atoms with Crippen molar-refractivity contribution in [2.24, 2.45) is 0 Å². The largest absolute Gasteiger partial charge is 0.491 e. The van der Waals surface area contributed by atoms with E-state index in [0.29, 0.717) is 18.5 Å². The lowest BCUT2D eigenvalue weighted by molar-refractivity contribution is -0.123. The van der Waals surface area contributed by atoms with Crippen molar-refractivity contribution in [3.63, 3.8) is 0 Å². The number of alkyl halides is 3. The number of halogens is 3. The van der Waals surface area contributed by atoms with E-state index in [1.165, 1.54) is 38.3 Å². The van der Waals surface area contributed by atoms with Crippen LogP contribution in [-0.4, -0.2) is 95.7 Å². The number of carbonyl (C=O) groups is 2. The number of ether oxygens (including phenoxy) is 1. The van der Waals surface area contributed by atoms with E-state index in [2.05, 4.69) is 16.9 Å². The van der Waals surface area contributed by atoms with Gasteiger partial charge >= 0.3 is 6.18 Å². The SMILES string of the molecule is C=CCCCOc1cc(C(=O)NCC(F)(F)F)ccc1-n1cc(C(=O)N2CCN(S(=O)(=O)CC)CC2)nn1. The highest BCUT2D eigenvalue weighted by Gasteiger charge is 2.30. The van der Waals surface area contributed by atoms with Gasteiger partial charge in [-0.15, -0.1) is 11.7 Å². The summed E-state index contributed by atoms with van der Waals surface area (Å²) in [6.45, 7) is 4.70. The summed E-state index contributed by atoms with van der Waals surface area (Å²) in [4.78, 5) is 26.7. The first kappa shape index (κ1) is 29.1. The summed E-state index contributed by atoms with van der Waals surface area (Å²) in [5.41, 5.74) is 0.288. The van der Waals surface area contributed by atoms with Gasteiger partial charge in [0.05, 0.1) is 18.6 Å². The van der Waals surface area contributed by atoms with Crippen molar-refractivity contribution in [1.29, 1.82) is 0 Å². The lowest BCUT2D eigenvalue weighted by Crippen LogP contribution is -2.50. The van der Waals surface area contributed by atoms with Crippen LogP contribution in [0, 0.1) is 0 Å². The van der Waals surface area contributed by atoms with E-state index in [4.69, 9.17) is 4.74 Å². The second kappa shape index (κ2) is 12.4. The molecule has 0 unspecified atom stereocenters. The number of rotatable bonds is 11. The molecule has 2 aromatic rings. The number of allylic oxidation sites excluding steroid dienone is 1. The van der Waals surface area contributed by atoms with Gasteiger partial charge in [0.2, 0.25) is 10.0 Å². The first-order chi connectivity index (χ1) is 17.9. The Morgan fingerprint density at radius 3 is 2.55 bits per heavy atom. The molecule has 1 fully saturated rings. The van der Waals surface area contributed by atoms with Crippen molar-refractivity contribution in [2.45, 2.75) is 25.9 Å². The molecule has 0 bridgehead atoms. The molecule has 11 nitrogen and oxygen atoms in total. The third kappa shape index (κ3) is 7.54. The molecule has 0 saturated carbocycles. The second-order valence-electron chi connectivity index (χ2n) is 8.40. The molecule has 2 heterocycles. The molecule has 1 aliphatic heterocycles. The Morgan fingerprint density at radius 1 is 1.21 bits per heavy atom. The minimum absolute atomic E-state index is 0.0152. The Labute approximate surface area is 218 Å². The number of nitrogens with zero attached hydrogens (tertiary/aromatic N) is 5. The highest BCUT2D eigenvalue weighted by atomic mass is 32.2. The number of benzene rings is 1. The molecule has 0 atom stereocenters. The smallest absolute Gasteiger partial charge is 0.405 e. The van der Waals surface area contributed by atoms with E-state index in [1.54, 1.807) is 13.0 Å². The quantitative estimate of drug-likeness (QED) is 0.330. The van der Waals surface area contributed by atoms with Gasteiger partial charge < -0.3 is 15.0 Å². The number of sulfonamides is 1. The molecular weight excluding hydrogens is 529 g/mol. The molecule has 15 heteroatoms. The average molecular weight is 559 g/mol. The molecule has 1 saturated heterocycles. The van der Waals surface area contributed by atoms with Gasteiger partial charge in [-0.2, -0.15) is 17.5 Å². The molecule has 38 heavy (non-hydrogen) atoms. The van der Waals surface area contributed by atoms with Crippen molar-refractivity contribution < 1.29 is 35.9 Å². The maximum absolute atomic E-state index is 13.0. The molecule has 1 aliphatic rings. The minimum Gasteiger partial charge on any atom is -0.491 e. The van der Waals surface area contributed by atoms with Crippen molar-refractivity contribution >= 4 is 21.8 Å². The number of hydrogen-bond acceptors (Lipinski definition) is 7. The number of hydrogen-bond donors (Lipinski definition) is 1. The van der Waals surface area contributed by atoms with E-state index in [0.717, 1.165) is 0 Å². The van der Waals surface area contributed by atoms with Crippen molar-refractivity contribution in [3.05, 3.63) is 48.3 Å². The molecule has 1 aromatic heterocycles. The van der Waals surface area contributed by atoms with Crippen molar-refractivity contribution in [3.8, 4) is 11.4 Å². The summed E-state index contributed by atoms with van der Waals surface area (Å²) < 4.78 is 70.0. The lowest BCUT2D eigenvalue weighted by Gasteiger charge is -2.33. The zero-order valence-electron chi connectivity index (χ0n) is 20.8. The van der Waals surface area contributed by atoms with Crippen LogP contribution in [0.2, 0.25) is 0 Å². The van der Waals surface area contributed by atoms with E-state index in [9.17, 15) is 31.2 Å². The predicted octanol–water partition coefficient (Wildman–Crippen LogP) is 2.01. The van der Waals surface area contributed by atoms with Crippen molar-refractivity contribution in [2.75, 3.05) is 45.1 Å². The molecule has 0 radical (unpaired) electrons. The summed E-state index contributed by atoms with van der Waals surface area (Å²) in [6.07, 6.45) is -0.213. The van der Waals surface area contributed by atoms with Crippen LogP contribution < -0.4 is 10.1 Å². The Hall–Kier alpha value is -3.46. The van der Waals surface area contributed by atoms with Crippen LogP contribution in [0.25, 0.3) is 5.69 Å². The molecule has 3 rings (SSSR count). The number of amides is 2. The summed E-state index contributed by atoms with van der Waals surface area (Å²) in [6, 6.07) is 4.04. The van der Waals surface area contributed by atoms with E-state index < -0.39 is 34.6 Å². The number of aromatic nitrogens is 3. The highest BCUT2D eigenvalue weighted by molar-refractivity contribution is 7.89. The first-order valence-electron chi connectivity index (χ1n) is 11.9. The minimum atomic E-state index is -4.56. The van der Waals surface area contributed by atoms with E-state index >= 15 is 0 Å². The van der Waals surface area contributed by atoms with E-state index in [1.807, 2.05) is 5.32 Å². The molecular formula is C23H29F3N6O5S. The Morgan fingerprint density at radius 2 is 1.92 bits per heavy atom. The molecule has 2 amide bonds. The number of nitrogens with one attached hydrogen (secondary N) is 1. The van der Waals surface area contributed by atoms with Gasteiger partial charge in [0, 0.05) is 31.7 Å². The number of carbonyl (C=O) groups excluding carboxylic acids is 2. The zero-order valence-corrected chi connectivity index (χ0v) is 21.6. The standard InChI is InChI=1S/C23H29F3N6O5S/c1-3-5-6-13-37-20-14-17(21(33)27-16-23(24,25)26)7-8-19(20)32-15-18(28-29-32)22(34)30-9-11-31(12-10-30)38(35,36)4-2/h3,7-8,14-15H,1,4-6,9-13,16H2,2H3,(H,27,33). The fourth-order valence-corrected chi connectivity index (χ4v) is 4.73. The highest BCUT2D eigenvalue weighted by Crippen LogP contribution is 2.25. The van der Waals surface area contributed by atoms with Crippen LogP contribution in [0.1, 0.15) is 40.6 Å². The fourth-order valence-electron chi connectivity index (χ4n) is 3.65. The van der Waals surface area contributed by atoms with E-state index in [-0.39, 0.29) is 55.5 Å². The van der Waals surface area contributed by atoms with Gasteiger partial charge in [-0.3, -0.25) is 9.59 Å². The van der Waals surface area contributed by atoms with Gasteiger partial charge in [-0.05, 0) is 38.0 Å². The maximum Gasteiger partial charge on any atom is 0.405 e. The summed E-state index contributed by atoms with van der Waals surface area (Å²) in [5.74, 6) is -1.21. The Balaban J connectivity index is 1.77. The summed E-state index contributed by atoms with van der Waals surface area (Å²) in [7, 11) is -3.34. The fraction of sp³-hybridized carbons (Fsp3) is 0.478. The second-order valence-corrected chi connectivity index (χ2v) is 10.7. The van der Waals surface area contributed by atoms with Crippen LogP contribution >= 0.6 is 0 Å². The van der Waals surface area contributed by atoms with Crippen LogP contribution in [0.3, 0.4) is 0 Å². The maximum atomic E-state index is 13.0. The normalized spacial score (nSPS) is 14.8. The molecule has 1 aromatic carbocycles. The zero-order chi connectivity index (χ0) is 27.9. The van der Waals surface area contributed by atoms with Crippen LogP contribution in [-0.2, 0) is 10.0 Å². The third-order valence-electron chi connectivity index (χ3n) is 5.72. The third-order valence-corrected chi connectivity index (χ3v) is 7.61. The molecule has 1 N–H and O–H groups in total. The Bertz CT molecular complexity index is 1260. The molecule has 0 aliphatic carbocycles. The lowest BCUT2D eigenvalue weighted by atomic mass is 10.1. The topological polar surface area (TPSA) is 127 Å². The van der Waals surface area contributed by atoms with Gasteiger partial charge in [0.15, 0.2) is 5.69 Å². The monoisotopic (exact) mass is 558 g/mol. The Kier molecular flexibility index (Phi) is 9.49. The van der Waals surface area contributed by atoms with Crippen molar-refractivity contribution in [1.82, 2.24) is 29.5 Å². The predicted molar refractivity (Wildman–Crippen MR) is 132 cm³/mol. The van der Waals surface area contributed by atoms with Gasteiger partial charge in [-0.1, -0.05) is 11.3 Å². The number of piperazine rings is 1. The van der Waals surface area contributed by atoms with Crippen LogP contribution in [0.5, 0.6) is 5.75 Å². The van der Waals surface area contributed by atoms with Gasteiger partial charge in [0.25, 0.3) is 11.8 Å². The summed E-state index contributed by atoms with van der Waals surface area (Å²) in [5, 5.41) is 9.73.